The highest BCUT2D eigenvalue weighted by molar-refractivity contribution is 14.0. The minimum absolute atomic E-state index is 0. The van der Waals surface area contributed by atoms with Gasteiger partial charge in [0.2, 0.25) is 0 Å². The number of likely N-dealkylation sites (tertiary alicyclic amines) is 1. The number of aromatic amines is 1. The van der Waals surface area contributed by atoms with E-state index in [1.54, 1.807) is 4.90 Å². The van der Waals surface area contributed by atoms with E-state index in [2.05, 4.69) is 20.3 Å². The van der Waals surface area contributed by atoms with Crippen molar-refractivity contribution < 1.29 is 9.53 Å². The number of hydrogen-bond acceptors (Lipinski definition) is 4. The van der Waals surface area contributed by atoms with Gasteiger partial charge in [-0.25, -0.2) is 9.78 Å². The van der Waals surface area contributed by atoms with Crippen molar-refractivity contribution in [2.24, 2.45) is 10.7 Å². The Morgan fingerprint density at radius 2 is 2.14 bits per heavy atom. The third-order valence-corrected chi connectivity index (χ3v) is 4.67. The molecule has 154 valence electrons. The Bertz CT molecular complexity index is 753. The SMILES string of the molecule is CCOC(=O)N1CCC(NC(N)=NCCCc2nc3ccccc3[nH]2)CC1.I. The maximum absolute atomic E-state index is 11.7. The second-order valence-corrected chi connectivity index (χ2v) is 6.68. The van der Waals surface area contributed by atoms with Gasteiger partial charge in [0, 0.05) is 32.1 Å². The number of imidazole rings is 1. The number of H-pyrrole nitrogens is 1. The van der Waals surface area contributed by atoms with Crippen LogP contribution in [0.2, 0.25) is 0 Å². The minimum atomic E-state index is -0.233. The van der Waals surface area contributed by atoms with Gasteiger partial charge >= 0.3 is 6.09 Å². The Kier molecular flexibility index (Phi) is 8.81. The molecule has 1 aliphatic rings. The smallest absolute Gasteiger partial charge is 0.409 e. The van der Waals surface area contributed by atoms with Crippen molar-refractivity contribution in [2.75, 3.05) is 26.2 Å². The van der Waals surface area contributed by atoms with E-state index in [4.69, 9.17) is 10.5 Å². The number of para-hydroxylation sites is 2. The molecule has 0 aliphatic carbocycles. The number of nitrogens with zero attached hydrogens (tertiary/aromatic N) is 3. The molecular formula is C19H29IN6O2. The van der Waals surface area contributed by atoms with Gasteiger partial charge in [-0.05, 0) is 38.3 Å². The number of amides is 1. The third kappa shape index (κ3) is 6.25. The number of aromatic nitrogens is 2. The molecule has 8 nitrogen and oxygen atoms in total. The van der Waals surface area contributed by atoms with Gasteiger partial charge in [-0.1, -0.05) is 12.1 Å². The first-order chi connectivity index (χ1) is 13.2. The van der Waals surface area contributed by atoms with Crippen molar-refractivity contribution >= 4 is 47.1 Å². The van der Waals surface area contributed by atoms with E-state index >= 15 is 0 Å². The van der Waals surface area contributed by atoms with Crippen LogP contribution in [0.4, 0.5) is 4.79 Å². The predicted molar refractivity (Wildman–Crippen MR) is 121 cm³/mol. The lowest BCUT2D eigenvalue weighted by Gasteiger charge is -2.31. The molecule has 0 saturated carbocycles. The van der Waals surface area contributed by atoms with Gasteiger partial charge < -0.3 is 25.7 Å². The van der Waals surface area contributed by atoms with Crippen molar-refractivity contribution in [1.82, 2.24) is 20.2 Å². The summed E-state index contributed by atoms with van der Waals surface area (Å²) < 4.78 is 5.03. The zero-order valence-electron chi connectivity index (χ0n) is 16.2. The predicted octanol–water partition coefficient (Wildman–Crippen LogP) is 2.64. The molecule has 0 atom stereocenters. The highest BCUT2D eigenvalue weighted by Gasteiger charge is 2.23. The Balaban J connectivity index is 0.00000280. The summed E-state index contributed by atoms with van der Waals surface area (Å²) in [4.78, 5) is 25.7. The van der Waals surface area contributed by atoms with Crippen molar-refractivity contribution in [3.63, 3.8) is 0 Å². The van der Waals surface area contributed by atoms with E-state index in [0.717, 1.165) is 42.5 Å². The molecule has 1 saturated heterocycles. The molecule has 1 aromatic heterocycles. The number of carbonyl (C=O) groups is 1. The summed E-state index contributed by atoms with van der Waals surface area (Å²) >= 11 is 0. The van der Waals surface area contributed by atoms with Crippen LogP contribution in [0.15, 0.2) is 29.3 Å². The van der Waals surface area contributed by atoms with Crippen LogP contribution in [-0.4, -0.2) is 59.2 Å². The van der Waals surface area contributed by atoms with Gasteiger partial charge in [-0.3, -0.25) is 4.99 Å². The average molecular weight is 500 g/mol. The first kappa shape index (κ1) is 22.3. The number of nitrogens with two attached hydrogens (primary N) is 1. The van der Waals surface area contributed by atoms with Gasteiger partial charge in [0.15, 0.2) is 5.96 Å². The Morgan fingerprint density at radius 1 is 1.39 bits per heavy atom. The number of aliphatic imine (C=N–C) groups is 1. The molecule has 2 aromatic rings. The zero-order chi connectivity index (χ0) is 19.1. The van der Waals surface area contributed by atoms with Crippen LogP contribution in [-0.2, 0) is 11.2 Å². The lowest BCUT2D eigenvalue weighted by molar-refractivity contribution is 0.0963. The molecule has 0 radical (unpaired) electrons. The molecular weight excluding hydrogens is 471 g/mol. The highest BCUT2D eigenvalue weighted by atomic mass is 127. The van der Waals surface area contributed by atoms with Crippen LogP contribution < -0.4 is 11.1 Å². The van der Waals surface area contributed by atoms with Crippen LogP contribution in [0.5, 0.6) is 0 Å². The standard InChI is InChI=1S/C19H28N6O2.HI/c1-2-27-19(26)25-12-9-14(10-13-25)22-18(20)21-11-5-8-17-23-15-6-3-4-7-16(15)24-17;/h3-4,6-7,14H,2,5,8-13H2,1H3,(H,23,24)(H3,20,21,22);1H. The lowest BCUT2D eigenvalue weighted by Crippen LogP contribution is -2.48. The molecule has 4 N–H and O–H groups in total. The zero-order valence-corrected chi connectivity index (χ0v) is 18.5. The maximum Gasteiger partial charge on any atom is 0.409 e. The molecule has 3 rings (SSSR count). The number of guanidine groups is 1. The van der Waals surface area contributed by atoms with Gasteiger partial charge in [-0.2, -0.15) is 0 Å². The number of nitrogens with one attached hydrogen (secondary N) is 2. The number of piperidine rings is 1. The van der Waals surface area contributed by atoms with Crippen LogP contribution in [0.3, 0.4) is 0 Å². The second kappa shape index (κ2) is 11.1. The topological polar surface area (TPSA) is 109 Å². The van der Waals surface area contributed by atoms with Gasteiger partial charge in [-0.15, -0.1) is 24.0 Å². The number of carbonyl (C=O) groups excluding carboxylic acids is 1. The van der Waals surface area contributed by atoms with Gasteiger partial charge in [0.25, 0.3) is 0 Å². The number of hydrogen-bond donors (Lipinski definition) is 3. The molecule has 1 amide bonds. The molecule has 9 heteroatoms. The van der Waals surface area contributed by atoms with E-state index < -0.39 is 0 Å². The van der Waals surface area contributed by atoms with Crippen LogP contribution in [0, 0.1) is 0 Å². The molecule has 1 fully saturated rings. The summed E-state index contributed by atoms with van der Waals surface area (Å²) in [6.45, 7) is 4.23. The van der Waals surface area contributed by atoms with E-state index in [0.29, 0.717) is 32.2 Å². The molecule has 28 heavy (non-hydrogen) atoms. The number of rotatable bonds is 6. The number of halogens is 1. The normalized spacial score (nSPS) is 15.3. The third-order valence-electron chi connectivity index (χ3n) is 4.67. The van der Waals surface area contributed by atoms with Crippen molar-refractivity contribution in [2.45, 2.75) is 38.6 Å². The van der Waals surface area contributed by atoms with E-state index in [9.17, 15) is 4.79 Å². The van der Waals surface area contributed by atoms with Crippen LogP contribution in [0.1, 0.15) is 32.0 Å². The summed E-state index contributed by atoms with van der Waals surface area (Å²) in [6.07, 6.45) is 3.16. The lowest BCUT2D eigenvalue weighted by atomic mass is 10.1. The number of ether oxygens (including phenoxy) is 1. The fourth-order valence-corrected chi connectivity index (χ4v) is 3.25. The van der Waals surface area contributed by atoms with Crippen molar-refractivity contribution in [3.05, 3.63) is 30.1 Å². The first-order valence-electron chi connectivity index (χ1n) is 9.57. The fourth-order valence-electron chi connectivity index (χ4n) is 3.25. The second-order valence-electron chi connectivity index (χ2n) is 6.68. The Hall–Kier alpha value is -2.04. The minimum Gasteiger partial charge on any atom is -0.450 e. The summed E-state index contributed by atoms with van der Waals surface area (Å²) in [5, 5.41) is 3.26. The van der Waals surface area contributed by atoms with Crippen LogP contribution in [0.25, 0.3) is 11.0 Å². The molecule has 0 unspecified atom stereocenters. The van der Waals surface area contributed by atoms with E-state index in [1.165, 1.54) is 0 Å². The monoisotopic (exact) mass is 500 g/mol. The van der Waals surface area contributed by atoms with Crippen molar-refractivity contribution in [1.29, 1.82) is 0 Å². The number of aryl methyl sites for hydroxylation is 1. The van der Waals surface area contributed by atoms with Crippen LogP contribution >= 0.6 is 24.0 Å². The Labute approximate surface area is 182 Å². The summed E-state index contributed by atoms with van der Waals surface area (Å²) in [6, 6.07) is 8.26. The summed E-state index contributed by atoms with van der Waals surface area (Å²) in [5.41, 5.74) is 8.05. The van der Waals surface area contributed by atoms with E-state index in [1.807, 2.05) is 31.2 Å². The quantitative estimate of drug-likeness (QED) is 0.245. The average Bonchev–Trinajstić information content (AvgIpc) is 3.09. The largest absolute Gasteiger partial charge is 0.450 e. The molecule has 2 heterocycles. The molecule has 1 aromatic carbocycles. The molecule has 0 spiro atoms. The Morgan fingerprint density at radius 3 is 2.86 bits per heavy atom. The summed E-state index contributed by atoms with van der Waals surface area (Å²) in [5.74, 6) is 1.44. The molecule has 1 aliphatic heterocycles. The highest BCUT2D eigenvalue weighted by Crippen LogP contribution is 2.12. The number of benzene rings is 1. The fraction of sp³-hybridized carbons (Fsp3) is 0.526. The van der Waals surface area contributed by atoms with Gasteiger partial charge in [0.05, 0.1) is 17.6 Å². The maximum atomic E-state index is 11.7. The van der Waals surface area contributed by atoms with E-state index in [-0.39, 0.29) is 36.1 Å². The van der Waals surface area contributed by atoms with Crippen molar-refractivity contribution in [3.8, 4) is 0 Å². The van der Waals surface area contributed by atoms with Gasteiger partial charge in [0.1, 0.15) is 5.82 Å². The summed E-state index contributed by atoms with van der Waals surface area (Å²) in [7, 11) is 0. The first-order valence-corrected chi connectivity index (χ1v) is 9.57. The number of fused-ring (bicyclic) bond motifs is 1. The molecule has 0 bridgehead atoms.